The largest absolute Gasteiger partial charge is 0.497 e. The van der Waals surface area contributed by atoms with Crippen molar-refractivity contribution in [3.8, 4) is 5.75 Å². The molecule has 0 aromatic heterocycles. The van der Waals surface area contributed by atoms with Gasteiger partial charge in [-0.25, -0.2) is 0 Å². The van der Waals surface area contributed by atoms with Crippen molar-refractivity contribution >= 4 is 11.7 Å². The van der Waals surface area contributed by atoms with E-state index in [4.69, 9.17) is 9.84 Å². The molecule has 1 heterocycles. The summed E-state index contributed by atoms with van der Waals surface area (Å²) in [6.45, 7) is 3.53. The molecule has 0 bridgehead atoms. The summed E-state index contributed by atoms with van der Waals surface area (Å²) < 4.78 is 5.19. The number of hydrogen-bond acceptors (Lipinski definition) is 3. The normalized spacial score (nSPS) is 18.1. The molecule has 1 aromatic rings. The van der Waals surface area contributed by atoms with Crippen LogP contribution < -0.4 is 10.1 Å². The summed E-state index contributed by atoms with van der Waals surface area (Å²) in [7, 11) is 1.65. The zero-order chi connectivity index (χ0) is 13.3. The lowest BCUT2D eigenvalue weighted by Crippen LogP contribution is -2.31. The van der Waals surface area contributed by atoms with Gasteiger partial charge < -0.3 is 15.2 Å². The standard InChI is InChI=1S/C14H19NO3/c1-14(2,13(16)17)8-10-6-9-7-11(18-3)4-5-12(9)15-10/h4-5,7,10,15H,6,8H2,1-3H3,(H,16,17). The van der Waals surface area contributed by atoms with Crippen LogP contribution in [0.3, 0.4) is 0 Å². The highest BCUT2D eigenvalue weighted by atomic mass is 16.5. The van der Waals surface area contributed by atoms with Crippen LogP contribution in [0.1, 0.15) is 25.8 Å². The van der Waals surface area contributed by atoms with Gasteiger partial charge in [0.1, 0.15) is 5.75 Å². The first-order valence-corrected chi connectivity index (χ1v) is 6.09. The van der Waals surface area contributed by atoms with Gasteiger partial charge in [-0.15, -0.1) is 0 Å². The number of carboxylic acid groups (broad SMARTS) is 1. The first kappa shape index (κ1) is 12.7. The maximum Gasteiger partial charge on any atom is 0.309 e. The van der Waals surface area contributed by atoms with Crippen molar-refractivity contribution in [1.82, 2.24) is 0 Å². The molecular weight excluding hydrogens is 230 g/mol. The third-order valence-corrected chi connectivity index (χ3v) is 3.47. The van der Waals surface area contributed by atoms with E-state index in [9.17, 15) is 4.79 Å². The van der Waals surface area contributed by atoms with Crippen LogP contribution in [0.2, 0.25) is 0 Å². The maximum atomic E-state index is 11.1. The van der Waals surface area contributed by atoms with Crippen molar-refractivity contribution in [2.45, 2.75) is 32.7 Å². The molecule has 0 saturated carbocycles. The molecule has 0 amide bonds. The second kappa shape index (κ2) is 4.52. The summed E-state index contributed by atoms with van der Waals surface area (Å²) in [5.41, 5.74) is 1.58. The second-order valence-electron chi connectivity index (χ2n) is 5.46. The van der Waals surface area contributed by atoms with Gasteiger partial charge in [0, 0.05) is 11.7 Å². The molecule has 1 atom stereocenters. The van der Waals surface area contributed by atoms with Crippen molar-refractivity contribution < 1.29 is 14.6 Å². The zero-order valence-corrected chi connectivity index (χ0v) is 11.0. The Morgan fingerprint density at radius 3 is 2.89 bits per heavy atom. The molecule has 2 rings (SSSR count). The van der Waals surface area contributed by atoms with Crippen molar-refractivity contribution in [2.75, 3.05) is 12.4 Å². The topological polar surface area (TPSA) is 58.6 Å². The monoisotopic (exact) mass is 249 g/mol. The SMILES string of the molecule is COc1ccc2c(c1)CC(CC(C)(C)C(=O)O)N2. The minimum atomic E-state index is -0.752. The molecule has 0 aliphatic carbocycles. The van der Waals surface area contributed by atoms with Crippen LogP contribution >= 0.6 is 0 Å². The molecule has 1 unspecified atom stereocenters. The van der Waals surface area contributed by atoms with Crippen molar-refractivity contribution in [1.29, 1.82) is 0 Å². The fraction of sp³-hybridized carbons (Fsp3) is 0.500. The van der Waals surface area contributed by atoms with E-state index in [0.717, 1.165) is 17.9 Å². The Balaban J connectivity index is 2.08. The van der Waals surface area contributed by atoms with E-state index < -0.39 is 11.4 Å². The summed E-state index contributed by atoms with van der Waals surface area (Å²) in [5.74, 6) is 0.0894. The lowest BCUT2D eigenvalue weighted by molar-refractivity contribution is -0.147. The number of aliphatic carboxylic acids is 1. The van der Waals surface area contributed by atoms with Gasteiger partial charge in [0.25, 0.3) is 0 Å². The highest BCUT2D eigenvalue weighted by Gasteiger charge is 2.33. The minimum Gasteiger partial charge on any atom is -0.497 e. The summed E-state index contributed by atoms with van der Waals surface area (Å²) in [6, 6.07) is 6.09. The van der Waals surface area contributed by atoms with Gasteiger partial charge in [0.2, 0.25) is 0 Å². The predicted octanol–water partition coefficient (Wildman–Crippen LogP) is 2.53. The van der Waals surface area contributed by atoms with Crippen molar-refractivity contribution in [3.05, 3.63) is 23.8 Å². The summed E-state index contributed by atoms with van der Waals surface area (Å²) in [4.78, 5) is 11.1. The Hall–Kier alpha value is -1.71. The highest BCUT2D eigenvalue weighted by Crippen LogP contribution is 2.34. The number of rotatable bonds is 4. The number of nitrogens with one attached hydrogen (secondary N) is 1. The third kappa shape index (κ3) is 2.42. The van der Waals surface area contributed by atoms with Gasteiger partial charge in [-0.1, -0.05) is 0 Å². The molecule has 1 aromatic carbocycles. The Labute approximate surface area is 107 Å². The van der Waals surface area contributed by atoms with Crippen molar-refractivity contribution in [3.63, 3.8) is 0 Å². The van der Waals surface area contributed by atoms with Gasteiger partial charge in [-0.05, 0) is 50.5 Å². The molecule has 4 heteroatoms. The molecule has 4 nitrogen and oxygen atoms in total. The van der Waals surface area contributed by atoms with Crippen LogP contribution in [0, 0.1) is 5.41 Å². The molecule has 2 N–H and O–H groups in total. The van der Waals surface area contributed by atoms with E-state index in [-0.39, 0.29) is 6.04 Å². The Bertz CT molecular complexity index is 468. The minimum absolute atomic E-state index is 0.179. The van der Waals surface area contributed by atoms with Crippen LogP contribution in [0.15, 0.2) is 18.2 Å². The first-order valence-electron chi connectivity index (χ1n) is 6.09. The third-order valence-electron chi connectivity index (χ3n) is 3.47. The zero-order valence-electron chi connectivity index (χ0n) is 11.0. The van der Waals surface area contributed by atoms with E-state index in [1.165, 1.54) is 5.56 Å². The average Bonchev–Trinajstić information content (AvgIpc) is 2.68. The van der Waals surface area contributed by atoms with Crippen LogP contribution in [-0.4, -0.2) is 24.2 Å². The number of hydrogen-bond donors (Lipinski definition) is 2. The van der Waals surface area contributed by atoms with Gasteiger partial charge in [-0.3, -0.25) is 4.79 Å². The number of carboxylic acids is 1. The van der Waals surface area contributed by atoms with E-state index in [1.807, 2.05) is 18.2 Å². The van der Waals surface area contributed by atoms with E-state index in [2.05, 4.69) is 5.32 Å². The van der Waals surface area contributed by atoms with Crippen LogP contribution in [0.4, 0.5) is 5.69 Å². The predicted molar refractivity (Wildman–Crippen MR) is 70.1 cm³/mol. The number of anilines is 1. The molecule has 18 heavy (non-hydrogen) atoms. The summed E-state index contributed by atoms with van der Waals surface area (Å²) in [6.07, 6.45) is 1.46. The first-order chi connectivity index (χ1) is 8.42. The number of ether oxygens (including phenoxy) is 1. The van der Waals surface area contributed by atoms with Gasteiger partial charge in [-0.2, -0.15) is 0 Å². The van der Waals surface area contributed by atoms with E-state index in [0.29, 0.717) is 6.42 Å². The lowest BCUT2D eigenvalue weighted by Gasteiger charge is -2.23. The van der Waals surface area contributed by atoms with Crippen LogP contribution in [-0.2, 0) is 11.2 Å². The molecule has 1 aliphatic rings. The fourth-order valence-corrected chi connectivity index (χ4v) is 2.37. The van der Waals surface area contributed by atoms with E-state index >= 15 is 0 Å². The molecule has 0 fully saturated rings. The van der Waals surface area contributed by atoms with Crippen LogP contribution in [0.5, 0.6) is 5.75 Å². The maximum absolute atomic E-state index is 11.1. The Kier molecular flexibility index (Phi) is 3.20. The smallest absolute Gasteiger partial charge is 0.309 e. The molecule has 98 valence electrons. The Morgan fingerprint density at radius 2 is 2.28 bits per heavy atom. The quantitative estimate of drug-likeness (QED) is 0.861. The Morgan fingerprint density at radius 1 is 1.56 bits per heavy atom. The number of benzene rings is 1. The number of carbonyl (C=O) groups is 1. The summed E-state index contributed by atoms with van der Waals surface area (Å²) in [5, 5.41) is 12.5. The highest BCUT2D eigenvalue weighted by molar-refractivity contribution is 5.74. The van der Waals surface area contributed by atoms with Crippen molar-refractivity contribution in [2.24, 2.45) is 5.41 Å². The van der Waals surface area contributed by atoms with Gasteiger partial charge in [0.05, 0.1) is 12.5 Å². The van der Waals surface area contributed by atoms with Gasteiger partial charge in [0.15, 0.2) is 0 Å². The summed E-state index contributed by atoms with van der Waals surface area (Å²) >= 11 is 0. The molecular formula is C14H19NO3. The molecule has 0 spiro atoms. The lowest BCUT2D eigenvalue weighted by atomic mass is 9.85. The molecule has 0 saturated heterocycles. The second-order valence-corrected chi connectivity index (χ2v) is 5.46. The van der Waals surface area contributed by atoms with E-state index in [1.54, 1.807) is 21.0 Å². The molecule has 1 aliphatic heterocycles. The fourth-order valence-electron chi connectivity index (χ4n) is 2.37. The number of methoxy groups -OCH3 is 1. The molecule has 0 radical (unpaired) electrons. The van der Waals surface area contributed by atoms with Crippen LogP contribution in [0.25, 0.3) is 0 Å². The number of fused-ring (bicyclic) bond motifs is 1. The average molecular weight is 249 g/mol. The van der Waals surface area contributed by atoms with Gasteiger partial charge >= 0.3 is 5.97 Å².